The molecule has 0 spiro atoms. The van der Waals surface area contributed by atoms with E-state index in [0.717, 1.165) is 92.6 Å². The van der Waals surface area contributed by atoms with Crippen molar-refractivity contribution in [1.82, 2.24) is 48.2 Å². The minimum atomic E-state index is -0.665. The van der Waals surface area contributed by atoms with E-state index in [-0.39, 0.29) is 30.2 Å². The van der Waals surface area contributed by atoms with Crippen molar-refractivity contribution in [1.29, 1.82) is 0 Å². The van der Waals surface area contributed by atoms with Crippen LogP contribution < -0.4 is 16.9 Å². The average molecular weight is 823 g/mol. The number of hydrogen-bond donors (Lipinski definition) is 1. The first-order chi connectivity index (χ1) is 29.0. The standard InChI is InChI=1S/C21H26N6O4.C21H28N6O2/c1-14(2)8-9-15-19-20(23-13-22-15)26(18-7-3-4-11-31-18)17(24-19)12-25-10-5-6-16(21(25)28)27(29)30;1-14(2)8-9-16-19-20(24-13-23-16)27(18-7-3-4-11-29-18)17(25-19)12-26-10-5-6-15(22)21(26)28/h5-6,10,13-14,18H,3-4,7-9,11-12H2,1-2H3;5-6,10,13-14,18H,3-4,7-9,11-12,22H2,1-2H3. The number of rotatable bonds is 13. The highest BCUT2D eigenvalue weighted by Crippen LogP contribution is 2.31. The maximum atomic E-state index is 12.6. The second-order valence-corrected chi connectivity index (χ2v) is 16.3. The number of aryl methyl sites for hydroxylation is 2. The maximum Gasteiger partial charge on any atom is 0.334 e. The summed E-state index contributed by atoms with van der Waals surface area (Å²) >= 11 is 0. The van der Waals surface area contributed by atoms with E-state index in [1.165, 1.54) is 22.9 Å². The number of hydrogen-bond acceptors (Lipinski definition) is 13. The van der Waals surface area contributed by atoms with Crippen molar-refractivity contribution in [3.8, 4) is 0 Å². The zero-order valence-corrected chi connectivity index (χ0v) is 34.8. The molecule has 2 N–H and O–H groups in total. The molecule has 318 valence electrons. The molecule has 2 unspecified atom stereocenters. The van der Waals surface area contributed by atoms with Crippen LogP contribution in [0.4, 0.5) is 11.4 Å². The quantitative estimate of drug-likeness (QED) is 0.102. The molecule has 2 atom stereocenters. The Kier molecular flexibility index (Phi) is 13.4. The third kappa shape index (κ3) is 9.44. The first-order valence-corrected chi connectivity index (χ1v) is 20.9. The second-order valence-electron chi connectivity index (χ2n) is 16.3. The van der Waals surface area contributed by atoms with Crippen molar-refractivity contribution in [2.75, 3.05) is 18.9 Å². The molecule has 60 heavy (non-hydrogen) atoms. The summed E-state index contributed by atoms with van der Waals surface area (Å²) in [4.78, 5) is 63.3. The van der Waals surface area contributed by atoms with Gasteiger partial charge in [0, 0.05) is 31.7 Å². The van der Waals surface area contributed by atoms with Crippen molar-refractivity contribution in [3.63, 3.8) is 0 Å². The molecule has 0 bridgehead atoms. The van der Waals surface area contributed by atoms with E-state index in [1.54, 1.807) is 35.6 Å². The predicted molar refractivity (Wildman–Crippen MR) is 225 cm³/mol. The third-order valence-electron chi connectivity index (χ3n) is 10.9. The minimum absolute atomic E-state index is 0.0837. The van der Waals surface area contributed by atoms with Crippen molar-refractivity contribution < 1.29 is 14.4 Å². The molecular weight excluding hydrogens is 769 g/mol. The van der Waals surface area contributed by atoms with Gasteiger partial charge in [-0.25, -0.2) is 29.9 Å². The fraction of sp³-hybridized carbons (Fsp3) is 0.524. The van der Waals surface area contributed by atoms with Crippen molar-refractivity contribution in [2.24, 2.45) is 11.8 Å². The molecular formula is C42H54N12O6. The molecule has 8 rings (SSSR count). The van der Waals surface area contributed by atoms with E-state index in [4.69, 9.17) is 25.2 Å². The summed E-state index contributed by atoms with van der Waals surface area (Å²) in [6.45, 7) is 10.5. The van der Waals surface area contributed by atoms with Gasteiger partial charge < -0.3 is 24.3 Å². The molecule has 0 aliphatic carbocycles. The van der Waals surface area contributed by atoms with Crippen LogP contribution >= 0.6 is 0 Å². The van der Waals surface area contributed by atoms with Crippen LogP contribution in [0, 0.1) is 22.0 Å². The van der Waals surface area contributed by atoms with Crippen molar-refractivity contribution in [2.45, 2.75) is 117 Å². The lowest BCUT2D eigenvalue weighted by Gasteiger charge is -2.25. The number of fused-ring (bicyclic) bond motifs is 2. The Bertz CT molecular complexity index is 2550. The van der Waals surface area contributed by atoms with E-state index in [0.29, 0.717) is 48.6 Å². The summed E-state index contributed by atoms with van der Waals surface area (Å²) < 4.78 is 18.9. The van der Waals surface area contributed by atoms with E-state index in [1.807, 2.05) is 9.13 Å². The lowest BCUT2D eigenvalue weighted by molar-refractivity contribution is -0.386. The first-order valence-electron chi connectivity index (χ1n) is 20.9. The summed E-state index contributed by atoms with van der Waals surface area (Å²) in [5.41, 5.74) is 9.45. The molecule has 0 radical (unpaired) electrons. The lowest BCUT2D eigenvalue weighted by Crippen LogP contribution is -2.26. The molecule has 8 heterocycles. The summed E-state index contributed by atoms with van der Waals surface area (Å²) in [6.07, 6.45) is 15.5. The largest absolute Gasteiger partial charge is 0.394 e. The predicted octanol–water partition coefficient (Wildman–Crippen LogP) is 6.14. The first kappa shape index (κ1) is 42.3. The summed E-state index contributed by atoms with van der Waals surface area (Å²) in [5.74, 6) is 2.42. The number of anilines is 1. The number of nitrogen functional groups attached to an aromatic ring is 1. The molecule has 6 aromatic heterocycles. The van der Waals surface area contributed by atoms with E-state index >= 15 is 0 Å². The van der Waals surface area contributed by atoms with Crippen molar-refractivity contribution >= 4 is 33.7 Å². The van der Waals surface area contributed by atoms with Gasteiger partial charge in [-0.2, -0.15) is 0 Å². The number of nitrogens with zero attached hydrogens (tertiary/aromatic N) is 11. The summed E-state index contributed by atoms with van der Waals surface area (Å²) in [6, 6.07) is 6.09. The Balaban J connectivity index is 0.000000182. The monoisotopic (exact) mass is 822 g/mol. The molecule has 0 amide bonds. The molecule has 6 aromatic rings. The molecule has 2 fully saturated rings. The Morgan fingerprint density at radius 3 is 1.67 bits per heavy atom. The average Bonchev–Trinajstić information content (AvgIpc) is 3.81. The highest BCUT2D eigenvalue weighted by atomic mass is 16.6. The van der Waals surface area contributed by atoms with Gasteiger partial charge in [0.2, 0.25) is 0 Å². The Labute approximate surface area is 347 Å². The fourth-order valence-corrected chi connectivity index (χ4v) is 7.67. The Morgan fingerprint density at radius 1 is 0.733 bits per heavy atom. The van der Waals surface area contributed by atoms with Gasteiger partial charge in [0.25, 0.3) is 5.56 Å². The van der Waals surface area contributed by atoms with E-state index in [9.17, 15) is 19.7 Å². The van der Waals surface area contributed by atoms with Crippen LogP contribution in [0.1, 0.15) is 115 Å². The maximum absolute atomic E-state index is 12.6. The topological polar surface area (TPSA) is 219 Å². The Hall–Kier alpha value is -5.88. The molecule has 2 aliphatic rings. The van der Waals surface area contributed by atoms with E-state index in [2.05, 4.69) is 47.6 Å². The third-order valence-corrected chi connectivity index (χ3v) is 10.9. The molecule has 18 nitrogen and oxygen atoms in total. The highest BCUT2D eigenvalue weighted by molar-refractivity contribution is 5.75. The van der Waals surface area contributed by atoms with Gasteiger partial charge in [-0.3, -0.25) is 28.8 Å². The number of nitro groups is 1. The zero-order valence-electron chi connectivity index (χ0n) is 34.8. The molecule has 0 aromatic carbocycles. The number of aromatic nitrogens is 10. The van der Waals surface area contributed by atoms with Crippen LogP contribution in [0.2, 0.25) is 0 Å². The van der Waals surface area contributed by atoms with Crippen LogP contribution in [0.3, 0.4) is 0 Å². The number of nitrogens with two attached hydrogens (primary N) is 1. The van der Waals surface area contributed by atoms with Crippen LogP contribution in [-0.4, -0.2) is 66.3 Å². The van der Waals surface area contributed by atoms with Crippen LogP contribution in [0.25, 0.3) is 22.3 Å². The number of imidazole rings is 2. The second kappa shape index (κ2) is 19.0. The minimum Gasteiger partial charge on any atom is -0.394 e. The van der Waals surface area contributed by atoms with Crippen molar-refractivity contribution in [3.05, 3.63) is 103 Å². The fourth-order valence-electron chi connectivity index (χ4n) is 7.67. The van der Waals surface area contributed by atoms with Gasteiger partial charge >= 0.3 is 11.2 Å². The van der Waals surface area contributed by atoms with Gasteiger partial charge in [-0.15, -0.1) is 0 Å². The SMILES string of the molecule is CC(C)CCc1ncnc2c1nc(Cn1cccc(N)c1=O)n2C1CCCCO1.CC(C)CCc1ncnc2c1nc(Cn1cccc([N+](=O)[O-])c1=O)n2C1CCCCO1. The Morgan fingerprint density at radius 2 is 1.22 bits per heavy atom. The van der Waals surface area contributed by atoms with Crippen LogP contribution in [0.15, 0.2) is 58.9 Å². The van der Waals surface area contributed by atoms with Crippen LogP contribution in [-0.2, 0) is 35.4 Å². The lowest BCUT2D eigenvalue weighted by atomic mass is 10.1. The zero-order chi connectivity index (χ0) is 42.3. The summed E-state index contributed by atoms with van der Waals surface area (Å²) in [5, 5.41) is 11.2. The summed E-state index contributed by atoms with van der Waals surface area (Å²) in [7, 11) is 0. The van der Waals surface area contributed by atoms with Crippen LogP contribution in [0.5, 0.6) is 0 Å². The smallest absolute Gasteiger partial charge is 0.334 e. The van der Waals surface area contributed by atoms with E-state index < -0.39 is 16.2 Å². The molecule has 18 heteroatoms. The molecule has 2 aliphatic heterocycles. The van der Waals surface area contributed by atoms with Gasteiger partial charge in [-0.05, 0) is 94.2 Å². The van der Waals surface area contributed by atoms with Gasteiger partial charge in [0.05, 0.1) is 35.1 Å². The number of ether oxygens (including phenoxy) is 2. The van der Waals surface area contributed by atoms with Gasteiger partial charge in [0.15, 0.2) is 11.3 Å². The molecule has 0 saturated carbocycles. The molecule has 2 saturated heterocycles. The van der Waals surface area contributed by atoms with Gasteiger partial charge in [-0.1, -0.05) is 27.7 Å². The highest BCUT2D eigenvalue weighted by Gasteiger charge is 2.27. The van der Waals surface area contributed by atoms with Gasteiger partial charge in [0.1, 0.15) is 47.8 Å². The number of pyridine rings is 2. The normalized spacial score (nSPS) is 17.0.